The minimum atomic E-state index is -0.535. The van der Waals surface area contributed by atoms with Gasteiger partial charge in [-0.25, -0.2) is 0 Å². The Bertz CT molecular complexity index is 511. The lowest BCUT2D eigenvalue weighted by Crippen LogP contribution is -2.60. The monoisotopic (exact) mass is 318 g/mol. The quantitative estimate of drug-likeness (QED) is 0.807. The Morgan fingerprint density at radius 1 is 1.04 bits per heavy atom. The summed E-state index contributed by atoms with van der Waals surface area (Å²) in [6, 6.07) is 0. The van der Waals surface area contributed by atoms with Crippen LogP contribution in [-0.2, 0) is 9.53 Å². The standard InChI is InChI=1S/C20H30O3/c1-12-2-16-4-15(12)5-17(16)6-18(21)23-20-9-13-3-14(10-20)8-19(22,7-13)11-20/h12-17,22H,2-11H2,1H3. The van der Waals surface area contributed by atoms with Crippen LogP contribution in [0, 0.1) is 35.5 Å². The highest BCUT2D eigenvalue weighted by molar-refractivity contribution is 5.70. The van der Waals surface area contributed by atoms with Crippen molar-refractivity contribution in [3.8, 4) is 0 Å². The lowest BCUT2D eigenvalue weighted by atomic mass is 9.52. The number of rotatable bonds is 3. The Kier molecular flexibility index (Phi) is 3.04. The molecule has 3 nitrogen and oxygen atoms in total. The summed E-state index contributed by atoms with van der Waals surface area (Å²) in [5.41, 5.74) is -0.854. The van der Waals surface area contributed by atoms with Gasteiger partial charge in [-0.1, -0.05) is 6.92 Å². The minimum Gasteiger partial charge on any atom is -0.459 e. The second-order valence-electron chi connectivity index (χ2n) is 10.0. The Morgan fingerprint density at radius 3 is 2.35 bits per heavy atom. The van der Waals surface area contributed by atoms with Gasteiger partial charge in [0.25, 0.3) is 0 Å². The number of esters is 1. The summed E-state index contributed by atoms with van der Waals surface area (Å²) in [6.07, 6.45) is 10.4. The molecule has 0 heterocycles. The van der Waals surface area contributed by atoms with Gasteiger partial charge in [-0.2, -0.15) is 0 Å². The molecule has 1 N–H and O–H groups in total. The summed E-state index contributed by atoms with van der Waals surface area (Å²) in [7, 11) is 0. The van der Waals surface area contributed by atoms with Gasteiger partial charge < -0.3 is 9.84 Å². The van der Waals surface area contributed by atoms with E-state index in [4.69, 9.17) is 4.74 Å². The van der Waals surface area contributed by atoms with Gasteiger partial charge in [0.2, 0.25) is 0 Å². The van der Waals surface area contributed by atoms with E-state index in [1.807, 2.05) is 0 Å². The Morgan fingerprint density at radius 2 is 1.78 bits per heavy atom. The van der Waals surface area contributed by atoms with Gasteiger partial charge in [-0.3, -0.25) is 4.79 Å². The molecule has 3 heteroatoms. The molecule has 0 aromatic heterocycles. The molecule has 0 aliphatic heterocycles. The van der Waals surface area contributed by atoms with Crippen LogP contribution in [0.5, 0.6) is 0 Å². The van der Waals surface area contributed by atoms with E-state index in [0.717, 1.165) is 43.4 Å². The van der Waals surface area contributed by atoms with Crippen LogP contribution in [0.2, 0.25) is 0 Å². The summed E-state index contributed by atoms with van der Waals surface area (Å²) in [5, 5.41) is 10.8. The third kappa shape index (κ3) is 2.37. The van der Waals surface area contributed by atoms with E-state index >= 15 is 0 Å². The highest BCUT2D eigenvalue weighted by Crippen LogP contribution is 2.59. The van der Waals surface area contributed by atoms with Crippen molar-refractivity contribution in [2.75, 3.05) is 0 Å². The van der Waals surface area contributed by atoms with E-state index < -0.39 is 5.60 Å². The van der Waals surface area contributed by atoms with Gasteiger partial charge in [-0.05, 0) is 86.9 Å². The van der Waals surface area contributed by atoms with Crippen LogP contribution >= 0.6 is 0 Å². The molecule has 128 valence electrons. The molecule has 0 spiro atoms. The van der Waals surface area contributed by atoms with Crippen molar-refractivity contribution in [3.05, 3.63) is 0 Å². The first-order chi connectivity index (χ1) is 10.9. The van der Waals surface area contributed by atoms with Crippen LogP contribution in [-0.4, -0.2) is 22.3 Å². The van der Waals surface area contributed by atoms with Crippen LogP contribution in [0.4, 0.5) is 0 Å². The number of carbonyl (C=O) groups excluding carboxylic acids is 1. The molecule has 6 bridgehead atoms. The summed E-state index contributed by atoms with van der Waals surface area (Å²) in [5.74, 6) is 4.25. The molecule has 6 rings (SSSR count). The molecule has 0 aromatic rings. The largest absolute Gasteiger partial charge is 0.459 e. The maximum Gasteiger partial charge on any atom is 0.306 e. The number of carbonyl (C=O) groups is 1. The molecule has 6 aliphatic rings. The predicted octanol–water partition coefficient (Wildman–Crippen LogP) is 3.69. The average Bonchev–Trinajstić information content (AvgIpc) is 2.93. The van der Waals surface area contributed by atoms with Gasteiger partial charge in [0, 0.05) is 12.8 Å². The smallest absolute Gasteiger partial charge is 0.306 e. The first kappa shape index (κ1) is 14.7. The van der Waals surface area contributed by atoms with Crippen LogP contribution in [0.3, 0.4) is 0 Å². The maximum absolute atomic E-state index is 12.6. The van der Waals surface area contributed by atoms with Gasteiger partial charge in [0.15, 0.2) is 0 Å². The fourth-order valence-corrected chi connectivity index (χ4v) is 7.68. The van der Waals surface area contributed by atoms with Gasteiger partial charge in [0.05, 0.1) is 5.60 Å². The highest BCUT2D eigenvalue weighted by Gasteiger charge is 2.59. The van der Waals surface area contributed by atoms with Crippen molar-refractivity contribution in [3.63, 3.8) is 0 Å². The SMILES string of the molecule is CC1CC2CC1CC2CC(=O)OC12CC3CC(CC(O)(C3)C1)C2. The summed E-state index contributed by atoms with van der Waals surface area (Å²) in [4.78, 5) is 12.6. The molecule has 0 saturated heterocycles. The fourth-order valence-electron chi connectivity index (χ4n) is 7.68. The third-order valence-corrected chi connectivity index (χ3v) is 8.09. The highest BCUT2D eigenvalue weighted by atomic mass is 16.6. The molecular weight excluding hydrogens is 288 g/mol. The van der Waals surface area contributed by atoms with Gasteiger partial charge >= 0.3 is 5.97 Å². The van der Waals surface area contributed by atoms with Crippen molar-refractivity contribution in [1.82, 2.24) is 0 Å². The van der Waals surface area contributed by atoms with E-state index in [9.17, 15) is 9.90 Å². The van der Waals surface area contributed by atoms with E-state index in [1.54, 1.807) is 0 Å². The van der Waals surface area contributed by atoms with Crippen molar-refractivity contribution < 1.29 is 14.6 Å². The molecule has 6 aliphatic carbocycles. The van der Waals surface area contributed by atoms with E-state index in [0.29, 0.717) is 30.6 Å². The van der Waals surface area contributed by atoms with E-state index in [1.165, 1.54) is 25.7 Å². The minimum absolute atomic E-state index is 0.0285. The maximum atomic E-state index is 12.6. The van der Waals surface area contributed by atoms with Gasteiger partial charge in [0.1, 0.15) is 5.60 Å². The third-order valence-electron chi connectivity index (χ3n) is 8.09. The normalized spacial score (nSPS) is 56.3. The molecule has 6 unspecified atom stereocenters. The first-order valence-corrected chi connectivity index (χ1v) is 9.86. The topological polar surface area (TPSA) is 46.5 Å². The van der Waals surface area contributed by atoms with Crippen LogP contribution in [0.15, 0.2) is 0 Å². The van der Waals surface area contributed by atoms with Crippen molar-refractivity contribution in [2.24, 2.45) is 35.5 Å². The fraction of sp³-hybridized carbons (Fsp3) is 0.950. The van der Waals surface area contributed by atoms with Crippen molar-refractivity contribution in [2.45, 2.75) is 82.3 Å². The zero-order valence-corrected chi connectivity index (χ0v) is 14.3. The Hall–Kier alpha value is -0.570. The second-order valence-corrected chi connectivity index (χ2v) is 10.0. The number of aliphatic hydroxyl groups is 1. The Balaban J connectivity index is 1.25. The molecule has 23 heavy (non-hydrogen) atoms. The summed E-state index contributed by atoms with van der Waals surface area (Å²) >= 11 is 0. The van der Waals surface area contributed by atoms with E-state index in [2.05, 4.69) is 6.92 Å². The van der Waals surface area contributed by atoms with Crippen LogP contribution < -0.4 is 0 Å². The van der Waals surface area contributed by atoms with Crippen molar-refractivity contribution >= 4 is 5.97 Å². The number of hydrogen-bond donors (Lipinski definition) is 1. The molecule has 6 atom stereocenters. The number of hydrogen-bond acceptors (Lipinski definition) is 3. The molecule has 0 aromatic carbocycles. The summed E-state index contributed by atoms with van der Waals surface area (Å²) < 4.78 is 6.11. The molecule has 0 amide bonds. The molecular formula is C20H30O3. The summed E-state index contributed by atoms with van der Waals surface area (Å²) in [6.45, 7) is 2.37. The predicted molar refractivity (Wildman–Crippen MR) is 86.6 cm³/mol. The molecule has 6 fully saturated rings. The zero-order valence-electron chi connectivity index (χ0n) is 14.3. The average molecular weight is 318 g/mol. The van der Waals surface area contributed by atoms with E-state index in [-0.39, 0.29) is 11.6 Å². The second kappa shape index (κ2) is 4.74. The van der Waals surface area contributed by atoms with Crippen LogP contribution in [0.1, 0.15) is 71.1 Å². The molecule has 0 radical (unpaired) electrons. The molecule has 6 saturated carbocycles. The Labute approximate surface area is 139 Å². The first-order valence-electron chi connectivity index (χ1n) is 9.86. The van der Waals surface area contributed by atoms with Gasteiger partial charge in [-0.15, -0.1) is 0 Å². The number of fused-ring (bicyclic) bond motifs is 2. The number of ether oxygens (including phenoxy) is 1. The van der Waals surface area contributed by atoms with Crippen molar-refractivity contribution in [1.29, 1.82) is 0 Å². The lowest BCUT2D eigenvalue weighted by Gasteiger charge is -2.59. The lowest BCUT2D eigenvalue weighted by molar-refractivity contribution is -0.220. The zero-order chi connectivity index (χ0) is 15.8. The van der Waals surface area contributed by atoms with Crippen LogP contribution in [0.25, 0.3) is 0 Å².